The number of aliphatic carboxylic acids is 5. The Balaban J connectivity index is 0. The highest BCUT2D eigenvalue weighted by Crippen LogP contribution is 2.14. The van der Waals surface area contributed by atoms with Crippen LogP contribution in [0.1, 0.15) is 94.1 Å². The number of urea groups is 1. The molecule has 0 saturated heterocycles. The number of rotatable bonds is 23. The summed E-state index contributed by atoms with van der Waals surface area (Å²) in [5, 5.41) is 61.4. The van der Waals surface area contributed by atoms with Crippen molar-refractivity contribution in [1.82, 2.24) is 37.2 Å². The number of carboxylic acid groups (broad SMARTS) is 5. The predicted octanol–water partition coefficient (Wildman–Crippen LogP) is 2.86. The Morgan fingerprint density at radius 3 is 1.68 bits per heavy atom. The molecule has 0 fully saturated rings. The number of amides is 6. The molecule has 3 aromatic rings. The minimum Gasteiger partial charge on any atom is -0.481 e. The Bertz CT molecular complexity index is 2060. The number of aryl methyl sites for hydroxylation is 1. The Hall–Kier alpha value is -7.62. The molecule has 0 aliphatic carbocycles. The highest BCUT2D eigenvalue weighted by atomic mass is 16.4. The van der Waals surface area contributed by atoms with E-state index >= 15 is 0 Å². The summed E-state index contributed by atoms with van der Waals surface area (Å²) in [6, 6.07) is 18.0. The van der Waals surface area contributed by atoms with Gasteiger partial charge in [0, 0.05) is 37.9 Å². The van der Waals surface area contributed by atoms with Crippen molar-refractivity contribution in [2.45, 2.75) is 98.2 Å². The van der Waals surface area contributed by atoms with Crippen LogP contribution in [0.3, 0.4) is 0 Å². The predicted molar refractivity (Wildman–Crippen MR) is 252 cm³/mol. The number of carbonyl (C=O) groups excluding carboxylic acids is 5. The molecule has 12 N–H and O–H groups in total. The molecule has 3 aromatic carbocycles. The summed E-state index contributed by atoms with van der Waals surface area (Å²) in [7, 11) is 1.58. The van der Waals surface area contributed by atoms with Gasteiger partial charge < -0.3 is 62.8 Å². The van der Waals surface area contributed by atoms with Gasteiger partial charge in [-0.3, -0.25) is 38.4 Å². The van der Waals surface area contributed by atoms with Crippen molar-refractivity contribution in [3.8, 4) is 0 Å². The molecule has 0 aliphatic heterocycles. The molecule has 0 radical (unpaired) electrons. The molecule has 2 atom stereocenters. The van der Waals surface area contributed by atoms with Gasteiger partial charge in [0.2, 0.25) is 17.7 Å². The minimum absolute atomic E-state index is 0.000771. The van der Waals surface area contributed by atoms with Crippen LogP contribution in [-0.4, -0.2) is 130 Å². The third kappa shape index (κ3) is 32.1. The molecule has 22 nitrogen and oxygen atoms in total. The maximum Gasteiger partial charge on any atom is 0.326 e. The molecule has 68 heavy (non-hydrogen) atoms. The Kier molecular flexibility index (Phi) is 34.5. The number of benzene rings is 3. The van der Waals surface area contributed by atoms with Gasteiger partial charge >= 0.3 is 35.9 Å². The number of hydrogen-bond donors (Lipinski definition) is 12. The number of fused-ring (bicyclic) bond motifs is 1. The standard InChI is InChI=1S/C22H33N5O6.C11H10.C8H12N2O7.C3H6O2.C2H6/c1-3-4-11-24-18(28)14-26-21(32)16-7-5-15(6-8-16)12-25-22(33)17(9-10-20(30)31)27-19(29)13-23-2;1-9-6-7-10-4-2-3-5-11(10)8-9;11-5(12)2-1-4(7(15)16)10-8(17)9-3-6(13)14;1-2-3(4)5;1-2/h5-8,17,23H,3-4,9-14H2,1-2H3,(H,24,28)(H,25,33)(H,26,32)(H,27,29)(H,30,31);2-8H,1H3;4H,1-3H2,(H,11,12)(H,13,14)(H,15,16)(H2,9,10,17);2H2,1H3,(H,4,5);1-2H3. The molecule has 0 bridgehead atoms. The van der Waals surface area contributed by atoms with E-state index in [2.05, 4.69) is 76.0 Å². The van der Waals surface area contributed by atoms with E-state index < -0.39 is 78.6 Å². The second kappa shape index (κ2) is 37.6. The zero-order valence-corrected chi connectivity index (χ0v) is 39.3. The number of unbranched alkanes of at least 4 members (excludes halogenated alkanes) is 1. The fourth-order valence-corrected chi connectivity index (χ4v) is 4.96. The quantitative estimate of drug-likeness (QED) is 0.0608. The minimum atomic E-state index is -1.39. The van der Waals surface area contributed by atoms with Gasteiger partial charge in [0.05, 0.1) is 13.1 Å². The van der Waals surface area contributed by atoms with Gasteiger partial charge in [-0.05, 0) is 61.7 Å². The van der Waals surface area contributed by atoms with E-state index in [4.69, 9.17) is 25.5 Å². The lowest BCUT2D eigenvalue weighted by Crippen LogP contribution is -2.48. The first-order valence-corrected chi connectivity index (χ1v) is 21.7. The SMILES string of the molecule is CC.CCC(=O)O.CCCCNC(=O)CNC(=O)c1ccc(CNC(=O)C(CCC(=O)O)NC(=O)CNC)cc1.Cc1ccc2ccccc2c1.O=C(O)CCC(NC(=O)NCC(=O)O)C(=O)O. The molecule has 376 valence electrons. The highest BCUT2D eigenvalue weighted by molar-refractivity contribution is 5.96. The van der Waals surface area contributed by atoms with Crippen LogP contribution in [-0.2, 0) is 44.9 Å². The Morgan fingerprint density at radius 2 is 1.16 bits per heavy atom. The Labute approximate surface area is 395 Å². The highest BCUT2D eigenvalue weighted by Gasteiger charge is 2.22. The van der Waals surface area contributed by atoms with E-state index in [0.29, 0.717) is 17.7 Å². The molecule has 0 spiro atoms. The van der Waals surface area contributed by atoms with Crippen molar-refractivity contribution in [3.05, 3.63) is 83.4 Å². The van der Waals surface area contributed by atoms with Gasteiger partial charge in [0.1, 0.15) is 18.6 Å². The Morgan fingerprint density at radius 1 is 0.588 bits per heavy atom. The summed E-state index contributed by atoms with van der Waals surface area (Å²) in [4.78, 5) is 110. The molecule has 6 amide bonds. The lowest BCUT2D eigenvalue weighted by atomic mass is 10.1. The van der Waals surface area contributed by atoms with Gasteiger partial charge in [-0.15, -0.1) is 0 Å². The number of carbonyl (C=O) groups is 10. The summed E-state index contributed by atoms with van der Waals surface area (Å²) in [6.07, 6.45) is 1.05. The van der Waals surface area contributed by atoms with Crippen LogP contribution in [0.4, 0.5) is 4.79 Å². The van der Waals surface area contributed by atoms with E-state index in [-0.39, 0.29) is 51.2 Å². The second-order valence-corrected chi connectivity index (χ2v) is 14.0. The molecule has 0 aromatic heterocycles. The first-order valence-electron chi connectivity index (χ1n) is 21.7. The van der Waals surface area contributed by atoms with Crippen LogP contribution in [0.5, 0.6) is 0 Å². The summed E-state index contributed by atoms with van der Waals surface area (Å²) >= 11 is 0. The normalized spacial score (nSPS) is 10.6. The third-order valence-electron chi connectivity index (χ3n) is 8.44. The van der Waals surface area contributed by atoms with Crippen molar-refractivity contribution in [1.29, 1.82) is 0 Å². The van der Waals surface area contributed by atoms with Crippen LogP contribution in [0, 0.1) is 6.92 Å². The van der Waals surface area contributed by atoms with Crippen LogP contribution in [0.25, 0.3) is 10.8 Å². The number of hydrogen-bond acceptors (Lipinski definition) is 11. The average molecular weight is 958 g/mol. The van der Waals surface area contributed by atoms with E-state index in [9.17, 15) is 47.9 Å². The summed E-state index contributed by atoms with van der Waals surface area (Å²) in [5.41, 5.74) is 2.39. The van der Waals surface area contributed by atoms with Crippen molar-refractivity contribution >= 4 is 70.3 Å². The maximum atomic E-state index is 12.4. The zero-order chi connectivity index (χ0) is 52.0. The molecular formula is C46H67N7O15. The van der Waals surface area contributed by atoms with Crippen molar-refractivity contribution in [3.63, 3.8) is 0 Å². The van der Waals surface area contributed by atoms with Crippen molar-refractivity contribution in [2.24, 2.45) is 0 Å². The molecule has 0 heterocycles. The molecule has 2 unspecified atom stereocenters. The first-order chi connectivity index (χ1) is 32.2. The van der Waals surface area contributed by atoms with E-state index in [1.807, 2.05) is 31.4 Å². The number of carboxylic acids is 5. The summed E-state index contributed by atoms with van der Waals surface area (Å²) < 4.78 is 0. The van der Waals surface area contributed by atoms with Crippen LogP contribution in [0.15, 0.2) is 66.7 Å². The van der Waals surface area contributed by atoms with E-state index in [1.54, 1.807) is 38.2 Å². The van der Waals surface area contributed by atoms with Gasteiger partial charge in [-0.1, -0.05) is 94.3 Å². The monoisotopic (exact) mass is 957 g/mol. The molecular weight excluding hydrogens is 891 g/mol. The van der Waals surface area contributed by atoms with Crippen molar-refractivity contribution < 1.29 is 73.5 Å². The largest absolute Gasteiger partial charge is 0.481 e. The van der Waals surface area contributed by atoms with E-state index in [0.717, 1.165) is 12.8 Å². The van der Waals surface area contributed by atoms with Crippen LogP contribution < -0.4 is 37.2 Å². The van der Waals surface area contributed by atoms with Crippen LogP contribution in [0.2, 0.25) is 0 Å². The number of likely N-dealkylation sites (N-methyl/N-ethyl adjacent to an activating group) is 1. The topological polar surface area (TPSA) is 356 Å². The number of nitrogens with one attached hydrogen (secondary N) is 7. The average Bonchev–Trinajstić information content (AvgIpc) is 3.30. The molecule has 22 heteroatoms. The zero-order valence-electron chi connectivity index (χ0n) is 39.3. The first kappa shape index (κ1) is 62.5. The second-order valence-electron chi connectivity index (χ2n) is 14.0. The van der Waals surface area contributed by atoms with Crippen LogP contribution >= 0.6 is 0 Å². The molecule has 3 rings (SSSR count). The fraction of sp³-hybridized carbons (Fsp3) is 0.435. The van der Waals surface area contributed by atoms with Gasteiger partial charge in [-0.2, -0.15) is 0 Å². The van der Waals surface area contributed by atoms with Gasteiger partial charge in [0.15, 0.2) is 0 Å². The fourth-order valence-electron chi connectivity index (χ4n) is 4.96. The molecule has 0 aliphatic rings. The van der Waals surface area contributed by atoms with E-state index in [1.165, 1.54) is 16.3 Å². The third-order valence-corrected chi connectivity index (χ3v) is 8.44. The molecule has 0 saturated carbocycles. The lowest BCUT2D eigenvalue weighted by molar-refractivity contribution is -0.141. The maximum absolute atomic E-state index is 12.4. The smallest absolute Gasteiger partial charge is 0.326 e. The van der Waals surface area contributed by atoms with Gasteiger partial charge in [-0.25, -0.2) is 9.59 Å². The van der Waals surface area contributed by atoms with Gasteiger partial charge in [0.25, 0.3) is 5.91 Å². The summed E-state index contributed by atoms with van der Waals surface area (Å²) in [5.74, 6) is -7.24. The summed E-state index contributed by atoms with van der Waals surface area (Å²) in [6.45, 7) is 9.67. The lowest BCUT2D eigenvalue weighted by Gasteiger charge is -2.18. The van der Waals surface area contributed by atoms with Crippen molar-refractivity contribution in [2.75, 3.05) is 33.2 Å².